The lowest BCUT2D eigenvalue weighted by molar-refractivity contribution is -0.167. The molecule has 0 bridgehead atoms. The summed E-state index contributed by atoms with van der Waals surface area (Å²) in [6.07, 6.45) is 7.39. The predicted octanol–water partition coefficient (Wildman–Crippen LogP) is 4.28. The number of H-pyrrole nitrogens is 1. The van der Waals surface area contributed by atoms with Crippen molar-refractivity contribution in [3.8, 4) is 11.3 Å². The Morgan fingerprint density at radius 2 is 1.80 bits per heavy atom. The van der Waals surface area contributed by atoms with Crippen molar-refractivity contribution in [2.75, 3.05) is 39.3 Å². The largest absolute Gasteiger partial charge is 0.464 e. The standard InChI is InChI=1S/C39H44N6O5/c1-2-39-31(38(49)44-19-17-43(18-20-44)36(47)25-8-9-25)22-27(24-34(46)41-15-12-28-6-3-4-14-40-28)37(48)45(39)16-13-30-29-11-10-26(33-7-5-21-50-33)23-32(29)42-35(30)39/h3-7,10-11,14,21,23,25,27,31,42H,2,8-9,12-13,15-20,22,24H2,1H3,(H,41,46)/t27-,31-,39+/m1/s1. The van der Waals surface area contributed by atoms with E-state index < -0.39 is 17.4 Å². The molecule has 3 aliphatic heterocycles. The molecule has 3 aromatic heterocycles. The molecule has 4 amide bonds. The van der Waals surface area contributed by atoms with E-state index in [9.17, 15) is 19.2 Å². The van der Waals surface area contributed by atoms with Crippen LogP contribution in [0.5, 0.6) is 0 Å². The van der Waals surface area contributed by atoms with Crippen LogP contribution in [-0.2, 0) is 37.6 Å². The SMILES string of the molecule is CC[C@]12c3[nH]c4cc(-c5ccco5)ccc4c3CCN1C(=O)[C@@H](CC(=O)NCCc1ccccn1)C[C@@H]2C(=O)N1CCN(C(=O)C2CC2)CC1. The van der Waals surface area contributed by atoms with Crippen LogP contribution in [0.15, 0.2) is 65.4 Å². The van der Waals surface area contributed by atoms with Gasteiger partial charge >= 0.3 is 0 Å². The number of furan rings is 1. The van der Waals surface area contributed by atoms with Crippen LogP contribution in [0, 0.1) is 17.8 Å². The molecule has 50 heavy (non-hydrogen) atoms. The predicted molar refractivity (Wildman–Crippen MR) is 186 cm³/mol. The van der Waals surface area contributed by atoms with Crippen molar-refractivity contribution in [1.29, 1.82) is 0 Å². The highest BCUT2D eigenvalue weighted by Crippen LogP contribution is 2.52. The fourth-order valence-electron chi connectivity index (χ4n) is 8.73. The highest BCUT2D eigenvalue weighted by molar-refractivity contribution is 5.94. The van der Waals surface area contributed by atoms with Gasteiger partial charge in [0.1, 0.15) is 5.76 Å². The number of rotatable bonds is 9. The number of carbonyl (C=O) groups excluding carboxylic acids is 4. The molecule has 3 fully saturated rings. The van der Waals surface area contributed by atoms with E-state index in [4.69, 9.17) is 4.42 Å². The zero-order valence-electron chi connectivity index (χ0n) is 28.5. The lowest BCUT2D eigenvalue weighted by Gasteiger charge is -2.56. The van der Waals surface area contributed by atoms with Gasteiger partial charge < -0.3 is 29.4 Å². The van der Waals surface area contributed by atoms with E-state index in [1.807, 2.05) is 45.0 Å². The van der Waals surface area contributed by atoms with Gasteiger partial charge in [-0.05, 0) is 68.0 Å². The van der Waals surface area contributed by atoms with E-state index in [1.54, 1.807) is 12.5 Å². The molecule has 0 unspecified atom stereocenters. The number of hydrogen-bond acceptors (Lipinski definition) is 6. The number of nitrogens with one attached hydrogen (secondary N) is 2. The van der Waals surface area contributed by atoms with E-state index in [0.29, 0.717) is 58.5 Å². The quantitative estimate of drug-likeness (QED) is 0.272. The van der Waals surface area contributed by atoms with Gasteiger partial charge in [-0.3, -0.25) is 24.2 Å². The van der Waals surface area contributed by atoms with Crippen LogP contribution in [0.1, 0.15) is 56.0 Å². The lowest BCUT2D eigenvalue weighted by atomic mass is 9.65. The smallest absolute Gasteiger partial charge is 0.228 e. The Labute approximate surface area is 291 Å². The minimum absolute atomic E-state index is 0.00814. The summed E-state index contributed by atoms with van der Waals surface area (Å²) >= 11 is 0. The summed E-state index contributed by atoms with van der Waals surface area (Å²) in [5.41, 5.74) is 3.95. The summed E-state index contributed by atoms with van der Waals surface area (Å²) in [6.45, 7) is 4.92. The number of pyridine rings is 1. The van der Waals surface area contributed by atoms with Gasteiger partial charge in [-0.2, -0.15) is 0 Å². The molecule has 4 aliphatic rings. The number of fused-ring (bicyclic) bond motifs is 5. The van der Waals surface area contributed by atoms with Gasteiger partial charge in [0.05, 0.1) is 17.7 Å². The average Bonchev–Trinajstić information content (AvgIpc) is 3.71. The highest BCUT2D eigenvalue weighted by Gasteiger charge is 2.59. The van der Waals surface area contributed by atoms with E-state index in [0.717, 1.165) is 52.0 Å². The van der Waals surface area contributed by atoms with E-state index in [2.05, 4.69) is 40.4 Å². The number of aromatic nitrogens is 2. The van der Waals surface area contributed by atoms with Crippen LogP contribution in [0.3, 0.4) is 0 Å². The number of hydrogen-bond donors (Lipinski definition) is 2. The molecule has 4 aromatic rings. The van der Waals surface area contributed by atoms with Crippen LogP contribution in [-0.4, -0.2) is 87.6 Å². The van der Waals surface area contributed by atoms with Gasteiger partial charge in [0.25, 0.3) is 0 Å². The zero-order chi connectivity index (χ0) is 34.4. The van der Waals surface area contributed by atoms with Crippen molar-refractivity contribution in [3.63, 3.8) is 0 Å². The third kappa shape index (κ3) is 5.66. The number of benzene rings is 1. The third-order valence-corrected chi connectivity index (χ3v) is 11.5. The normalized spacial score (nSPS) is 23.5. The fourth-order valence-corrected chi connectivity index (χ4v) is 8.73. The first-order valence-corrected chi connectivity index (χ1v) is 18.1. The Morgan fingerprint density at radius 1 is 1.00 bits per heavy atom. The van der Waals surface area contributed by atoms with Gasteiger partial charge in [-0.1, -0.05) is 25.1 Å². The molecule has 1 aromatic carbocycles. The molecular formula is C39H44N6O5. The third-order valence-electron chi connectivity index (χ3n) is 11.5. The van der Waals surface area contributed by atoms with Gasteiger partial charge in [0.2, 0.25) is 23.6 Å². The summed E-state index contributed by atoms with van der Waals surface area (Å²) < 4.78 is 5.68. The maximum atomic E-state index is 14.8. The van der Waals surface area contributed by atoms with Crippen LogP contribution in [0.2, 0.25) is 0 Å². The Hall–Kier alpha value is -4.93. The molecule has 2 N–H and O–H groups in total. The van der Waals surface area contributed by atoms with Crippen LogP contribution in [0.25, 0.3) is 22.2 Å². The van der Waals surface area contributed by atoms with Crippen molar-refractivity contribution in [2.24, 2.45) is 17.8 Å². The van der Waals surface area contributed by atoms with E-state index >= 15 is 0 Å². The molecule has 0 spiro atoms. The van der Waals surface area contributed by atoms with E-state index in [-0.39, 0.29) is 42.4 Å². The second-order valence-electron chi connectivity index (χ2n) is 14.3. The molecule has 1 saturated carbocycles. The van der Waals surface area contributed by atoms with Crippen LogP contribution >= 0.6 is 0 Å². The molecule has 1 aliphatic carbocycles. The number of piperazine rings is 1. The van der Waals surface area contributed by atoms with Crippen molar-refractivity contribution >= 4 is 34.5 Å². The van der Waals surface area contributed by atoms with Crippen molar-refractivity contribution in [2.45, 2.75) is 57.4 Å². The second kappa shape index (κ2) is 13.1. The van der Waals surface area contributed by atoms with Crippen LogP contribution < -0.4 is 5.32 Å². The highest BCUT2D eigenvalue weighted by atomic mass is 16.3. The van der Waals surface area contributed by atoms with Gasteiger partial charge in [-0.15, -0.1) is 0 Å². The lowest BCUT2D eigenvalue weighted by Crippen LogP contribution is -2.66. The minimum Gasteiger partial charge on any atom is -0.464 e. The molecule has 6 heterocycles. The molecular weight excluding hydrogens is 632 g/mol. The average molecular weight is 677 g/mol. The molecule has 11 nitrogen and oxygen atoms in total. The summed E-state index contributed by atoms with van der Waals surface area (Å²) in [5.74, 6) is -0.336. The van der Waals surface area contributed by atoms with Crippen LogP contribution in [0.4, 0.5) is 0 Å². The summed E-state index contributed by atoms with van der Waals surface area (Å²) in [5, 5.41) is 4.07. The first kappa shape index (κ1) is 32.3. The number of amides is 4. The van der Waals surface area contributed by atoms with Crippen molar-refractivity contribution in [3.05, 3.63) is 77.9 Å². The van der Waals surface area contributed by atoms with Gasteiger partial charge in [0.15, 0.2) is 0 Å². The summed E-state index contributed by atoms with van der Waals surface area (Å²) in [7, 11) is 0. The maximum absolute atomic E-state index is 14.8. The topological polar surface area (TPSA) is 132 Å². The fraction of sp³-hybridized carbons (Fsp3) is 0.462. The first-order chi connectivity index (χ1) is 24.4. The Bertz CT molecular complexity index is 1910. The first-order valence-electron chi connectivity index (χ1n) is 18.1. The molecule has 0 radical (unpaired) electrons. The molecule has 11 heteroatoms. The number of piperidine rings is 1. The maximum Gasteiger partial charge on any atom is 0.228 e. The van der Waals surface area contributed by atoms with Gasteiger partial charge in [0, 0.05) is 98.0 Å². The number of nitrogens with zero attached hydrogens (tertiary/aromatic N) is 4. The summed E-state index contributed by atoms with van der Waals surface area (Å²) in [4.78, 5) is 69.2. The Kier molecular flexibility index (Phi) is 8.44. The summed E-state index contributed by atoms with van der Waals surface area (Å²) in [6, 6.07) is 15.7. The molecule has 3 atom stereocenters. The molecule has 8 rings (SSSR count). The van der Waals surface area contributed by atoms with E-state index in [1.165, 1.54) is 0 Å². The monoisotopic (exact) mass is 676 g/mol. The zero-order valence-corrected chi connectivity index (χ0v) is 28.5. The number of aromatic amines is 1. The Morgan fingerprint density at radius 3 is 2.50 bits per heavy atom. The number of carbonyl (C=O) groups is 4. The molecule has 260 valence electrons. The minimum atomic E-state index is -0.890. The second-order valence-corrected chi connectivity index (χ2v) is 14.3. The Balaban J connectivity index is 1.10. The van der Waals surface area contributed by atoms with Crippen molar-refractivity contribution in [1.82, 2.24) is 30.0 Å². The molecule has 2 saturated heterocycles. The van der Waals surface area contributed by atoms with Gasteiger partial charge in [-0.25, -0.2) is 0 Å². The van der Waals surface area contributed by atoms with Crippen molar-refractivity contribution < 1.29 is 23.6 Å².